The van der Waals surface area contributed by atoms with Crippen LogP contribution < -0.4 is 14.8 Å². The van der Waals surface area contributed by atoms with Gasteiger partial charge < -0.3 is 19.7 Å². The zero-order valence-electron chi connectivity index (χ0n) is 11.7. The van der Waals surface area contributed by atoms with Crippen molar-refractivity contribution in [2.75, 3.05) is 18.7 Å². The van der Waals surface area contributed by atoms with Crippen LogP contribution in [0.25, 0.3) is 0 Å². The van der Waals surface area contributed by atoms with Gasteiger partial charge in [0.15, 0.2) is 11.5 Å². The summed E-state index contributed by atoms with van der Waals surface area (Å²) in [6.07, 6.45) is 0. The number of fused-ring (bicyclic) bond motifs is 1. The Kier molecular flexibility index (Phi) is 3.96. The molecule has 0 unspecified atom stereocenters. The fourth-order valence-corrected chi connectivity index (χ4v) is 2.81. The van der Waals surface area contributed by atoms with Crippen LogP contribution in [-0.2, 0) is 6.54 Å². The van der Waals surface area contributed by atoms with Gasteiger partial charge in [0.2, 0.25) is 6.79 Å². The summed E-state index contributed by atoms with van der Waals surface area (Å²) < 4.78 is 10.6. The zero-order valence-corrected chi connectivity index (χ0v) is 12.5. The second-order valence-corrected chi connectivity index (χ2v) is 5.62. The number of rotatable bonds is 4. The van der Waals surface area contributed by atoms with Gasteiger partial charge in [0.1, 0.15) is 0 Å². The van der Waals surface area contributed by atoms with E-state index in [-0.39, 0.29) is 12.8 Å². The number of hydrogen-bond donors (Lipinski definition) is 1. The molecule has 2 heterocycles. The van der Waals surface area contributed by atoms with E-state index in [0.717, 1.165) is 4.88 Å². The summed E-state index contributed by atoms with van der Waals surface area (Å²) in [7, 11) is 0. The van der Waals surface area contributed by atoms with Crippen molar-refractivity contribution in [2.24, 2.45) is 0 Å². The van der Waals surface area contributed by atoms with Crippen molar-refractivity contribution >= 4 is 23.1 Å². The average Bonchev–Trinajstić information content (AvgIpc) is 3.15. The van der Waals surface area contributed by atoms with Gasteiger partial charge in [-0.05, 0) is 30.5 Å². The SMILES string of the molecule is CCN(Cc1cccs1)C(=O)Nc1ccc2c(c1)OCO2. The van der Waals surface area contributed by atoms with E-state index in [1.807, 2.05) is 30.5 Å². The van der Waals surface area contributed by atoms with Gasteiger partial charge in [-0.15, -0.1) is 11.3 Å². The predicted octanol–water partition coefficient (Wildman–Crippen LogP) is 3.53. The second kappa shape index (κ2) is 6.05. The monoisotopic (exact) mass is 304 g/mol. The van der Waals surface area contributed by atoms with Crippen LogP contribution in [0.1, 0.15) is 11.8 Å². The average molecular weight is 304 g/mol. The highest BCUT2D eigenvalue weighted by Gasteiger charge is 2.16. The molecule has 1 aliphatic heterocycles. The van der Waals surface area contributed by atoms with E-state index in [1.165, 1.54) is 0 Å². The summed E-state index contributed by atoms with van der Waals surface area (Å²) in [5.41, 5.74) is 0.703. The van der Waals surface area contributed by atoms with Gasteiger partial charge in [-0.25, -0.2) is 4.79 Å². The minimum Gasteiger partial charge on any atom is -0.454 e. The summed E-state index contributed by atoms with van der Waals surface area (Å²) in [6, 6.07) is 9.28. The minimum absolute atomic E-state index is 0.121. The maximum Gasteiger partial charge on any atom is 0.322 e. The Morgan fingerprint density at radius 2 is 2.19 bits per heavy atom. The summed E-state index contributed by atoms with van der Waals surface area (Å²) in [5, 5.41) is 4.90. The molecule has 0 atom stereocenters. The number of hydrogen-bond acceptors (Lipinski definition) is 4. The van der Waals surface area contributed by atoms with Gasteiger partial charge in [-0.1, -0.05) is 6.07 Å². The van der Waals surface area contributed by atoms with E-state index in [2.05, 4.69) is 5.32 Å². The fraction of sp³-hybridized carbons (Fsp3) is 0.267. The Balaban J connectivity index is 1.66. The summed E-state index contributed by atoms with van der Waals surface area (Å²) in [5.74, 6) is 1.37. The smallest absolute Gasteiger partial charge is 0.322 e. The van der Waals surface area contributed by atoms with Gasteiger partial charge in [-0.3, -0.25) is 0 Å². The third kappa shape index (κ3) is 3.11. The summed E-state index contributed by atoms with van der Waals surface area (Å²) in [4.78, 5) is 15.2. The molecule has 1 N–H and O–H groups in total. The summed E-state index contributed by atoms with van der Waals surface area (Å²) >= 11 is 1.65. The van der Waals surface area contributed by atoms with Crippen molar-refractivity contribution in [1.29, 1.82) is 0 Å². The van der Waals surface area contributed by atoms with Crippen molar-refractivity contribution in [3.63, 3.8) is 0 Å². The largest absolute Gasteiger partial charge is 0.454 e. The van der Waals surface area contributed by atoms with Crippen LogP contribution in [0, 0.1) is 0 Å². The first-order chi connectivity index (χ1) is 10.3. The molecule has 6 heteroatoms. The Hall–Kier alpha value is -2.21. The molecule has 21 heavy (non-hydrogen) atoms. The van der Waals surface area contributed by atoms with Crippen LogP contribution in [0.3, 0.4) is 0 Å². The van der Waals surface area contributed by atoms with E-state index in [9.17, 15) is 4.79 Å². The molecule has 0 fully saturated rings. The van der Waals surface area contributed by atoms with E-state index < -0.39 is 0 Å². The number of urea groups is 1. The van der Waals surface area contributed by atoms with Gasteiger partial charge in [-0.2, -0.15) is 0 Å². The van der Waals surface area contributed by atoms with Crippen LogP contribution in [0.15, 0.2) is 35.7 Å². The lowest BCUT2D eigenvalue weighted by Gasteiger charge is -2.20. The highest BCUT2D eigenvalue weighted by Crippen LogP contribution is 2.34. The first kappa shape index (κ1) is 13.8. The Morgan fingerprint density at radius 1 is 1.33 bits per heavy atom. The van der Waals surface area contributed by atoms with Gasteiger partial charge >= 0.3 is 6.03 Å². The van der Waals surface area contributed by atoms with Gasteiger partial charge in [0.05, 0.1) is 6.54 Å². The van der Waals surface area contributed by atoms with Crippen molar-refractivity contribution in [3.8, 4) is 11.5 Å². The standard InChI is InChI=1S/C15H16N2O3S/c1-2-17(9-12-4-3-7-21-12)15(18)16-11-5-6-13-14(8-11)20-10-19-13/h3-8H,2,9-10H2,1H3,(H,16,18). The third-order valence-electron chi connectivity index (χ3n) is 3.22. The highest BCUT2D eigenvalue weighted by atomic mass is 32.1. The quantitative estimate of drug-likeness (QED) is 0.940. The van der Waals surface area contributed by atoms with Crippen LogP contribution >= 0.6 is 11.3 Å². The molecular weight excluding hydrogens is 288 g/mol. The van der Waals surface area contributed by atoms with E-state index in [1.54, 1.807) is 28.4 Å². The van der Waals surface area contributed by atoms with Crippen LogP contribution in [0.2, 0.25) is 0 Å². The Bertz CT molecular complexity index is 628. The Morgan fingerprint density at radius 3 is 2.95 bits per heavy atom. The topological polar surface area (TPSA) is 50.8 Å². The first-order valence-corrected chi connectivity index (χ1v) is 7.62. The highest BCUT2D eigenvalue weighted by molar-refractivity contribution is 7.09. The Labute approximate surface area is 127 Å². The van der Waals surface area contributed by atoms with Gasteiger partial charge in [0.25, 0.3) is 0 Å². The number of benzene rings is 1. The number of anilines is 1. The van der Waals surface area contributed by atoms with Crippen molar-refractivity contribution < 1.29 is 14.3 Å². The lowest BCUT2D eigenvalue weighted by molar-refractivity contribution is 0.174. The van der Waals surface area contributed by atoms with E-state index >= 15 is 0 Å². The molecule has 3 rings (SSSR count). The number of carbonyl (C=O) groups is 1. The molecule has 1 aromatic heterocycles. The lowest BCUT2D eigenvalue weighted by atomic mass is 10.3. The molecule has 1 aliphatic rings. The van der Waals surface area contributed by atoms with Crippen molar-refractivity contribution in [1.82, 2.24) is 4.90 Å². The molecule has 110 valence electrons. The molecule has 0 aliphatic carbocycles. The predicted molar refractivity (Wildman–Crippen MR) is 82.0 cm³/mol. The van der Waals surface area contributed by atoms with E-state index in [4.69, 9.17) is 9.47 Å². The van der Waals surface area contributed by atoms with Crippen molar-refractivity contribution in [2.45, 2.75) is 13.5 Å². The second-order valence-electron chi connectivity index (χ2n) is 4.59. The minimum atomic E-state index is -0.121. The molecule has 0 bridgehead atoms. The number of nitrogens with one attached hydrogen (secondary N) is 1. The van der Waals surface area contributed by atoms with Crippen LogP contribution in [0.5, 0.6) is 11.5 Å². The summed E-state index contributed by atoms with van der Waals surface area (Å²) in [6.45, 7) is 3.46. The molecule has 0 saturated carbocycles. The number of amides is 2. The molecule has 2 aromatic rings. The zero-order chi connectivity index (χ0) is 14.7. The van der Waals surface area contributed by atoms with Crippen molar-refractivity contribution in [3.05, 3.63) is 40.6 Å². The molecule has 2 amide bonds. The molecule has 0 spiro atoms. The number of thiophene rings is 1. The molecule has 1 aromatic carbocycles. The molecular formula is C15H16N2O3S. The number of nitrogens with zero attached hydrogens (tertiary/aromatic N) is 1. The van der Waals surface area contributed by atoms with E-state index in [0.29, 0.717) is 30.3 Å². The van der Waals surface area contributed by atoms with Gasteiger partial charge in [0, 0.05) is 23.2 Å². The number of ether oxygens (including phenoxy) is 2. The number of carbonyl (C=O) groups excluding carboxylic acids is 1. The first-order valence-electron chi connectivity index (χ1n) is 6.74. The lowest BCUT2D eigenvalue weighted by Crippen LogP contribution is -2.34. The maximum atomic E-state index is 12.3. The molecule has 0 radical (unpaired) electrons. The molecule has 5 nitrogen and oxygen atoms in total. The van der Waals surface area contributed by atoms with Crippen LogP contribution in [-0.4, -0.2) is 24.3 Å². The maximum absolute atomic E-state index is 12.3. The fourth-order valence-electron chi connectivity index (χ4n) is 2.09. The molecule has 0 saturated heterocycles. The third-order valence-corrected chi connectivity index (χ3v) is 4.08. The normalized spacial score (nSPS) is 12.2. The van der Waals surface area contributed by atoms with Crippen LogP contribution in [0.4, 0.5) is 10.5 Å².